The van der Waals surface area contributed by atoms with Crippen LogP contribution in [0.4, 0.5) is 0 Å². The number of benzene rings is 1. The molecule has 0 heterocycles. The van der Waals surface area contributed by atoms with Gasteiger partial charge in [-0.2, -0.15) is 0 Å². The summed E-state index contributed by atoms with van der Waals surface area (Å²) >= 11 is 0. The monoisotopic (exact) mass is 260 g/mol. The van der Waals surface area contributed by atoms with Crippen LogP contribution in [0.1, 0.15) is 63.7 Å². The molecule has 0 aliphatic heterocycles. The van der Waals surface area contributed by atoms with Crippen LogP contribution in [0.25, 0.3) is 0 Å². The quantitative estimate of drug-likeness (QED) is 0.828. The Bertz CT molecular complexity index is 371. The molecule has 1 nitrogen and oxygen atoms in total. The Morgan fingerprint density at radius 2 is 1.53 bits per heavy atom. The smallest absolute Gasteiger partial charge is 0.0818 e. The number of aliphatic hydroxyl groups is 1. The van der Waals surface area contributed by atoms with E-state index in [4.69, 9.17) is 0 Å². The Morgan fingerprint density at radius 1 is 1.00 bits per heavy atom. The maximum atomic E-state index is 10.5. The van der Waals surface area contributed by atoms with E-state index in [2.05, 4.69) is 45.0 Å². The standard InChI is InChI=1S/C18H28O/c1-4-14-5-7-16(8-6-14)18(19)17-11-9-15(10-12-17)13(2)3/h5-8,13,15,17-19H,4,9-12H2,1-3H3. The van der Waals surface area contributed by atoms with E-state index in [1.54, 1.807) is 0 Å². The first-order chi connectivity index (χ1) is 9.11. The molecule has 1 fully saturated rings. The van der Waals surface area contributed by atoms with Gasteiger partial charge in [0.2, 0.25) is 0 Å². The highest BCUT2D eigenvalue weighted by atomic mass is 16.3. The van der Waals surface area contributed by atoms with Crippen molar-refractivity contribution < 1.29 is 5.11 Å². The minimum atomic E-state index is -0.265. The molecule has 1 aliphatic carbocycles. The third-order valence-corrected chi connectivity index (χ3v) is 4.94. The molecule has 1 aromatic rings. The molecule has 1 heteroatoms. The Labute approximate surface area is 118 Å². The first-order valence-electron chi connectivity index (χ1n) is 7.88. The lowest BCUT2D eigenvalue weighted by Crippen LogP contribution is -2.23. The van der Waals surface area contributed by atoms with Crippen molar-refractivity contribution in [3.63, 3.8) is 0 Å². The van der Waals surface area contributed by atoms with Gasteiger partial charge in [0.05, 0.1) is 6.10 Å². The molecular formula is C18H28O. The van der Waals surface area contributed by atoms with E-state index < -0.39 is 0 Å². The molecule has 1 unspecified atom stereocenters. The number of aliphatic hydroxyl groups excluding tert-OH is 1. The van der Waals surface area contributed by atoms with Gasteiger partial charge in [-0.05, 0) is 61.0 Å². The molecule has 0 amide bonds. The fourth-order valence-electron chi connectivity index (χ4n) is 3.35. The van der Waals surface area contributed by atoms with Crippen molar-refractivity contribution in [3.8, 4) is 0 Å². The molecule has 1 atom stereocenters. The summed E-state index contributed by atoms with van der Waals surface area (Å²) in [5.41, 5.74) is 2.45. The molecule has 106 valence electrons. The number of hydrogen-bond acceptors (Lipinski definition) is 1. The molecule has 0 spiro atoms. The molecule has 0 aromatic heterocycles. The normalized spacial score (nSPS) is 25.5. The van der Waals surface area contributed by atoms with Crippen molar-refractivity contribution in [2.24, 2.45) is 17.8 Å². The molecule has 1 aromatic carbocycles. The fraction of sp³-hybridized carbons (Fsp3) is 0.667. The van der Waals surface area contributed by atoms with Gasteiger partial charge >= 0.3 is 0 Å². The highest BCUT2D eigenvalue weighted by Gasteiger charge is 2.28. The Balaban J connectivity index is 1.94. The average molecular weight is 260 g/mol. The number of aryl methyl sites for hydroxylation is 1. The first-order valence-corrected chi connectivity index (χ1v) is 7.88. The summed E-state index contributed by atoms with van der Waals surface area (Å²) in [5.74, 6) is 2.12. The van der Waals surface area contributed by atoms with Gasteiger partial charge in [0, 0.05) is 0 Å². The van der Waals surface area contributed by atoms with Crippen LogP contribution in [-0.4, -0.2) is 5.11 Å². The lowest BCUT2D eigenvalue weighted by Gasteiger charge is -2.33. The van der Waals surface area contributed by atoms with Gasteiger partial charge in [-0.25, -0.2) is 0 Å². The lowest BCUT2D eigenvalue weighted by atomic mass is 9.74. The first kappa shape index (κ1) is 14.6. The second-order valence-electron chi connectivity index (χ2n) is 6.46. The van der Waals surface area contributed by atoms with Gasteiger partial charge in [-0.1, -0.05) is 45.0 Å². The molecule has 19 heavy (non-hydrogen) atoms. The van der Waals surface area contributed by atoms with E-state index in [-0.39, 0.29) is 6.10 Å². The third-order valence-electron chi connectivity index (χ3n) is 4.94. The summed E-state index contributed by atoms with van der Waals surface area (Å²) in [6.45, 7) is 6.81. The highest BCUT2D eigenvalue weighted by Crippen LogP contribution is 2.39. The van der Waals surface area contributed by atoms with Gasteiger partial charge < -0.3 is 5.11 Å². The summed E-state index contributed by atoms with van der Waals surface area (Å²) in [6.07, 6.45) is 5.73. The molecule has 0 bridgehead atoms. The highest BCUT2D eigenvalue weighted by molar-refractivity contribution is 5.24. The number of rotatable bonds is 4. The minimum absolute atomic E-state index is 0.265. The van der Waals surface area contributed by atoms with Crippen molar-refractivity contribution >= 4 is 0 Å². The van der Waals surface area contributed by atoms with Crippen molar-refractivity contribution in [3.05, 3.63) is 35.4 Å². The van der Waals surface area contributed by atoms with E-state index >= 15 is 0 Å². The minimum Gasteiger partial charge on any atom is -0.388 e. The van der Waals surface area contributed by atoms with E-state index in [0.717, 1.165) is 23.8 Å². The van der Waals surface area contributed by atoms with Crippen molar-refractivity contribution in [1.29, 1.82) is 0 Å². The predicted octanol–water partition coefficient (Wildman–Crippen LogP) is 4.74. The van der Waals surface area contributed by atoms with E-state index in [1.165, 1.54) is 31.2 Å². The maximum Gasteiger partial charge on any atom is 0.0818 e. The summed E-state index contributed by atoms with van der Waals surface area (Å²) in [7, 11) is 0. The molecule has 0 radical (unpaired) electrons. The van der Waals surface area contributed by atoms with Crippen LogP contribution >= 0.6 is 0 Å². The van der Waals surface area contributed by atoms with E-state index in [1.807, 2.05) is 0 Å². The molecule has 1 aliphatic rings. The molecule has 1 saturated carbocycles. The van der Waals surface area contributed by atoms with E-state index in [0.29, 0.717) is 5.92 Å². The lowest BCUT2D eigenvalue weighted by molar-refractivity contribution is 0.0668. The van der Waals surface area contributed by atoms with Gasteiger partial charge in [-0.3, -0.25) is 0 Å². The maximum absolute atomic E-state index is 10.5. The molecule has 0 saturated heterocycles. The number of hydrogen-bond donors (Lipinski definition) is 1. The van der Waals surface area contributed by atoms with Crippen LogP contribution in [-0.2, 0) is 6.42 Å². The second kappa shape index (κ2) is 6.56. The average Bonchev–Trinajstić information content (AvgIpc) is 2.46. The third kappa shape index (κ3) is 3.60. The summed E-state index contributed by atoms with van der Waals surface area (Å²) in [4.78, 5) is 0. The molecular weight excluding hydrogens is 232 g/mol. The van der Waals surface area contributed by atoms with E-state index in [9.17, 15) is 5.11 Å². The largest absolute Gasteiger partial charge is 0.388 e. The van der Waals surface area contributed by atoms with Gasteiger partial charge in [0.15, 0.2) is 0 Å². The Morgan fingerprint density at radius 3 is 2.00 bits per heavy atom. The fourth-order valence-corrected chi connectivity index (χ4v) is 3.35. The SMILES string of the molecule is CCc1ccc(C(O)C2CCC(C(C)C)CC2)cc1. The van der Waals surface area contributed by atoms with Gasteiger partial charge in [0.1, 0.15) is 0 Å². The van der Waals surface area contributed by atoms with Gasteiger partial charge in [0.25, 0.3) is 0 Å². The Hall–Kier alpha value is -0.820. The molecule has 2 rings (SSSR count). The van der Waals surface area contributed by atoms with Crippen LogP contribution in [0.5, 0.6) is 0 Å². The zero-order valence-electron chi connectivity index (χ0n) is 12.6. The molecule has 1 N–H and O–H groups in total. The van der Waals surface area contributed by atoms with Crippen LogP contribution in [0, 0.1) is 17.8 Å². The predicted molar refractivity (Wildman–Crippen MR) is 81.1 cm³/mol. The zero-order valence-corrected chi connectivity index (χ0v) is 12.6. The summed E-state index contributed by atoms with van der Waals surface area (Å²) in [5, 5.41) is 10.5. The van der Waals surface area contributed by atoms with Crippen molar-refractivity contribution in [2.45, 2.75) is 59.0 Å². The second-order valence-corrected chi connectivity index (χ2v) is 6.46. The summed E-state index contributed by atoms with van der Waals surface area (Å²) in [6, 6.07) is 8.52. The van der Waals surface area contributed by atoms with Crippen molar-refractivity contribution in [1.82, 2.24) is 0 Å². The van der Waals surface area contributed by atoms with Crippen LogP contribution in [0.2, 0.25) is 0 Å². The van der Waals surface area contributed by atoms with Gasteiger partial charge in [-0.15, -0.1) is 0 Å². The van der Waals surface area contributed by atoms with Crippen LogP contribution < -0.4 is 0 Å². The Kier molecular flexibility index (Phi) is 5.04. The summed E-state index contributed by atoms with van der Waals surface area (Å²) < 4.78 is 0. The van der Waals surface area contributed by atoms with Crippen LogP contribution in [0.15, 0.2) is 24.3 Å². The zero-order chi connectivity index (χ0) is 13.8. The van der Waals surface area contributed by atoms with Crippen molar-refractivity contribution in [2.75, 3.05) is 0 Å². The topological polar surface area (TPSA) is 20.2 Å². The van der Waals surface area contributed by atoms with Crippen LogP contribution in [0.3, 0.4) is 0 Å².